The largest absolute Gasteiger partial charge is 0.454 e. The van der Waals surface area contributed by atoms with Gasteiger partial charge in [-0.05, 0) is 57.5 Å². The van der Waals surface area contributed by atoms with Crippen molar-refractivity contribution >= 4 is 0 Å². The van der Waals surface area contributed by atoms with Crippen LogP contribution in [0.1, 0.15) is 37.4 Å². The first-order valence-electron chi connectivity index (χ1n) is 7.43. The van der Waals surface area contributed by atoms with Crippen molar-refractivity contribution in [3.8, 4) is 11.5 Å². The number of hydrogen-bond acceptors (Lipinski definition) is 4. The van der Waals surface area contributed by atoms with E-state index in [1.165, 1.54) is 0 Å². The predicted molar refractivity (Wildman–Crippen MR) is 79.2 cm³/mol. The van der Waals surface area contributed by atoms with E-state index in [0.717, 1.165) is 24.3 Å². The molecule has 2 atom stereocenters. The molecule has 2 unspecified atom stereocenters. The van der Waals surface area contributed by atoms with Gasteiger partial charge in [-0.1, -0.05) is 0 Å². The first-order valence-corrected chi connectivity index (χ1v) is 7.43. The Bertz CT molecular complexity index is 542. The Kier molecular flexibility index (Phi) is 3.58. The lowest BCUT2D eigenvalue weighted by Gasteiger charge is -2.24. The van der Waals surface area contributed by atoms with Gasteiger partial charge in [0.25, 0.3) is 0 Å². The van der Waals surface area contributed by atoms with Gasteiger partial charge in [0.15, 0.2) is 11.5 Å². The Hall–Kier alpha value is -1.33. The van der Waals surface area contributed by atoms with Crippen molar-refractivity contribution in [3.05, 3.63) is 23.3 Å². The van der Waals surface area contributed by atoms with Gasteiger partial charge < -0.3 is 15.2 Å². The van der Waals surface area contributed by atoms with Gasteiger partial charge in [-0.3, -0.25) is 4.90 Å². The third-order valence-corrected chi connectivity index (χ3v) is 4.51. The first-order chi connectivity index (χ1) is 9.90. The van der Waals surface area contributed by atoms with Gasteiger partial charge in [-0.2, -0.15) is 0 Å². The number of halogens is 1. The van der Waals surface area contributed by atoms with E-state index < -0.39 is 5.67 Å². The summed E-state index contributed by atoms with van der Waals surface area (Å²) in [4.78, 5) is 2.27. The zero-order valence-electron chi connectivity index (χ0n) is 12.9. The van der Waals surface area contributed by atoms with Crippen LogP contribution in [0.5, 0.6) is 11.5 Å². The number of alkyl halides is 1. The van der Waals surface area contributed by atoms with Crippen LogP contribution in [-0.4, -0.2) is 31.8 Å². The molecule has 0 radical (unpaired) electrons. The Labute approximate surface area is 125 Å². The Balaban J connectivity index is 2.03. The van der Waals surface area contributed by atoms with Gasteiger partial charge in [-0.15, -0.1) is 0 Å². The molecule has 2 aliphatic rings. The summed E-state index contributed by atoms with van der Waals surface area (Å²) >= 11 is 0. The molecule has 0 bridgehead atoms. The van der Waals surface area contributed by atoms with Crippen LogP contribution in [0.2, 0.25) is 0 Å². The summed E-state index contributed by atoms with van der Waals surface area (Å²) in [7, 11) is 2.08. The number of rotatable bonds is 3. The summed E-state index contributed by atoms with van der Waals surface area (Å²) in [5, 5.41) is 0. The van der Waals surface area contributed by atoms with Gasteiger partial charge in [0.05, 0.1) is 0 Å². The average molecular weight is 294 g/mol. The van der Waals surface area contributed by atoms with Gasteiger partial charge in [0, 0.05) is 18.2 Å². The van der Waals surface area contributed by atoms with Gasteiger partial charge in [0.2, 0.25) is 6.79 Å². The molecule has 21 heavy (non-hydrogen) atoms. The van der Waals surface area contributed by atoms with Crippen molar-refractivity contribution in [2.45, 2.75) is 32.0 Å². The number of fused-ring (bicyclic) bond motifs is 1. The number of hydrogen-bond donors (Lipinski definition) is 1. The maximum atomic E-state index is 14.4. The summed E-state index contributed by atoms with van der Waals surface area (Å²) in [6, 6.07) is 3.88. The molecule has 4 nitrogen and oxygen atoms in total. The van der Waals surface area contributed by atoms with Crippen molar-refractivity contribution in [3.63, 3.8) is 0 Å². The molecule has 2 N–H and O–H groups in total. The molecule has 1 saturated heterocycles. The fourth-order valence-corrected chi connectivity index (χ4v) is 3.27. The molecule has 0 saturated carbocycles. The maximum Gasteiger partial charge on any atom is 0.231 e. The second-order valence-corrected chi connectivity index (χ2v) is 6.56. The summed E-state index contributed by atoms with van der Waals surface area (Å²) in [6.07, 6.45) is 0.971. The van der Waals surface area contributed by atoms with Crippen molar-refractivity contribution < 1.29 is 13.9 Å². The molecule has 5 heteroatoms. The smallest absolute Gasteiger partial charge is 0.231 e. The van der Waals surface area contributed by atoms with Crippen molar-refractivity contribution in [1.29, 1.82) is 0 Å². The molecule has 0 amide bonds. The lowest BCUT2D eigenvalue weighted by Crippen LogP contribution is -2.21. The van der Waals surface area contributed by atoms with Crippen LogP contribution in [0, 0.1) is 5.92 Å². The Morgan fingerprint density at radius 1 is 1.38 bits per heavy atom. The highest BCUT2D eigenvalue weighted by molar-refractivity contribution is 5.53. The summed E-state index contributed by atoms with van der Waals surface area (Å²) in [5.74, 6) is 1.88. The monoisotopic (exact) mass is 294 g/mol. The van der Waals surface area contributed by atoms with Crippen molar-refractivity contribution in [2.24, 2.45) is 11.7 Å². The lowest BCUT2D eigenvalue weighted by atomic mass is 9.92. The normalized spacial score (nSPS) is 25.6. The van der Waals surface area contributed by atoms with E-state index in [1.54, 1.807) is 19.9 Å². The molecule has 0 aliphatic carbocycles. The number of nitrogens with zero attached hydrogens (tertiary/aromatic N) is 1. The van der Waals surface area contributed by atoms with E-state index in [1.807, 2.05) is 6.07 Å². The van der Waals surface area contributed by atoms with Crippen LogP contribution >= 0.6 is 0 Å². The number of ether oxygens (including phenoxy) is 2. The molecule has 0 aromatic heterocycles. The molecule has 3 rings (SSSR count). The molecule has 2 heterocycles. The number of likely N-dealkylation sites (tertiary alicyclic amines) is 1. The SMILES string of the molecule is CN1CC(CN)CC1c1cc(C(C)(C)F)cc2c1OCO2. The average Bonchev–Trinajstić information content (AvgIpc) is 3.02. The molecule has 2 aliphatic heterocycles. The van der Waals surface area contributed by atoms with E-state index >= 15 is 0 Å². The van der Waals surface area contributed by atoms with Crippen LogP contribution in [0.4, 0.5) is 4.39 Å². The highest BCUT2D eigenvalue weighted by atomic mass is 19.1. The van der Waals surface area contributed by atoms with Crippen LogP contribution < -0.4 is 15.2 Å². The highest BCUT2D eigenvalue weighted by Gasteiger charge is 2.35. The van der Waals surface area contributed by atoms with Gasteiger partial charge in [-0.25, -0.2) is 4.39 Å². The van der Waals surface area contributed by atoms with E-state index in [2.05, 4.69) is 11.9 Å². The van der Waals surface area contributed by atoms with Crippen LogP contribution in [0.15, 0.2) is 12.1 Å². The number of benzene rings is 1. The lowest BCUT2D eigenvalue weighted by molar-refractivity contribution is 0.171. The quantitative estimate of drug-likeness (QED) is 0.931. The summed E-state index contributed by atoms with van der Waals surface area (Å²) < 4.78 is 25.5. The van der Waals surface area contributed by atoms with Crippen molar-refractivity contribution in [1.82, 2.24) is 4.90 Å². The fourth-order valence-electron chi connectivity index (χ4n) is 3.27. The van der Waals surface area contributed by atoms with Gasteiger partial charge in [0.1, 0.15) is 5.67 Å². The molecule has 1 fully saturated rings. The molecule has 1 aromatic rings. The second-order valence-electron chi connectivity index (χ2n) is 6.56. The topological polar surface area (TPSA) is 47.7 Å². The van der Waals surface area contributed by atoms with Crippen LogP contribution in [0.25, 0.3) is 0 Å². The third-order valence-electron chi connectivity index (χ3n) is 4.51. The number of nitrogens with two attached hydrogens (primary N) is 1. The Morgan fingerprint density at radius 2 is 2.14 bits per heavy atom. The minimum Gasteiger partial charge on any atom is -0.454 e. The zero-order valence-corrected chi connectivity index (χ0v) is 12.9. The molecular formula is C16H23FN2O2. The standard InChI is InChI=1S/C16H23FN2O2/c1-16(2,17)11-5-12(15-14(6-11)20-9-21-15)13-4-10(7-18)8-19(13)3/h5-6,10,13H,4,7-9,18H2,1-3H3. The molecule has 1 aromatic carbocycles. The van der Waals surface area contributed by atoms with Crippen LogP contribution in [0.3, 0.4) is 0 Å². The third kappa shape index (κ3) is 2.60. The summed E-state index contributed by atoms with van der Waals surface area (Å²) in [5.41, 5.74) is 6.05. The molecule has 0 spiro atoms. The van der Waals surface area contributed by atoms with Gasteiger partial charge >= 0.3 is 0 Å². The van der Waals surface area contributed by atoms with E-state index in [-0.39, 0.29) is 12.8 Å². The molecular weight excluding hydrogens is 271 g/mol. The van der Waals surface area contributed by atoms with Crippen molar-refractivity contribution in [2.75, 3.05) is 26.9 Å². The fraction of sp³-hybridized carbons (Fsp3) is 0.625. The van der Waals surface area contributed by atoms with E-state index in [4.69, 9.17) is 15.2 Å². The summed E-state index contributed by atoms with van der Waals surface area (Å²) in [6.45, 7) is 4.97. The Morgan fingerprint density at radius 3 is 2.76 bits per heavy atom. The highest BCUT2D eigenvalue weighted by Crippen LogP contribution is 2.46. The first kappa shape index (κ1) is 14.6. The predicted octanol–water partition coefficient (Wildman–Crippen LogP) is 2.57. The van der Waals surface area contributed by atoms with E-state index in [0.29, 0.717) is 23.8 Å². The molecule has 116 valence electrons. The zero-order chi connectivity index (χ0) is 15.2. The minimum atomic E-state index is -1.40. The minimum absolute atomic E-state index is 0.204. The van der Waals surface area contributed by atoms with Crippen LogP contribution in [-0.2, 0) is 5.67 Å². The maximum absolute atomic E-state index is 14.4. The second kappa shape index (κ2) is 5.14. The van der Waals surface area contributed by atoms with E-state index in [9.17, 15) is 4.39 Å².